The summed E-state index contributed by atoms with van der Waals surface area (Å²) in [6, 6.07) is 16.6. The Bertz CT molecular complexity index is 893. The maximum absolute atomic E-state index is 5.42. The summed E-state index contributed by atoms with van der Waals surface area (Å²) >= 11 is 0. The third kappa shape index (κ3) is 4.64. The van der Waals surface area contributed by atoms with Crippen LogP contribution in [-0.4, -0.2) is 34.2 Å². The van der Waals surface area contributed by atoms with Gasteiger partial charge in [-0.25, -0.2) is 9.97 Å². The molecule has 0 amide bonds. The second-order valence-electron chi connectivity index (χ2n) is 6.87. The molecule has 1 saturated heterocycles. The van der Waals surface area contributed by atoms with Gasteiger partial charge in [-0.3, -0.25) is 4.98 Å². The number of anilines is 3. The highest BCUT2D eigenvalue weighted by molar-refractivity contribution is 5.62. The zero-order valence-corrected chi connectivity index (χ0v) is 16.1. The molecule has 0 bridgehead atoms. The summed E-state index contributed by atoms with van der Waals surface area (Å²) in [5.41, 5.74) is 3.88. The molecule has 3 aromatic rings. The summed E-state index contributed by atoms with van der Waals surface area (Å²) < 4.78 is 5.42. The van der Waals surface area contributed by atoms with Crippen LogP contribution >= 0.6 is 0 Å². The van der Waals surface area contributed by atoms with Gasteiger partial charge >= 0.3 is 0 Å². The van der Waals surface area contributed by atoms with Crippen LogP contribution < -0.4 is 10.6 Å². The Morgan fingerprint density at radius 1 is 1.00 bits per heavy atom. The first kappa shape index (κ1) is 18.4. The van der Waals surface area contributed by atoms with Gasteiger partial charge in [-0.05, 0) is 55.7 Å². The van der Waals surface area contributed by atoms with E-state index in [9.17, 15) is 0 Å². The number of aryl methyl sites for hydroxylation is 1. The number of pyridine rings is 1. The Morgan fingerprint density at radius 3 is 2.50 bits per heavy atom. The quantitative estimate of drug-likeness (QED) is 0.664. The van der Waals surface area contributed by atoms with Crippen LogP contribution in [-0.2, 0) is 11.2 Å². The van der Waals surface area contributed by atoms with Crippen LogP contribution in [0, 0.1) is 0 Å². The fraction of sp³-hybridized carbons (Fsp3) is 0.318. The van der Waals surface area contributed by atoms with Gasteiger partial charge in [0.05, 0.1) is 0 Å². The molecule has 0 saturated carbocycles. The molecule has 1 aliphatic heterocycles. The molecule has 1 aromatic carbocycles. The van der Waals surface area contributed by atoms with Crippen molar-refractivity contribution in [2.45, 2.75) is 32.2 Å². The molecule has 2 N–H and O–H groups in total. The number of hydrogen-bond acceptors (Lipinski definition) is 6. The molecule has 4 rings (SSSR count). The molecule has 1 fully saturated rings. The van der Waals surface area contributed by atoms with E-state index >= 15 is 0 Å². The third-order valence-electron chi connectivity index (χ3n) is 4.78. The number of benzene rings is 1. The molecule has 3 heterocycles. The van der Waals surface area contributed by atoms with Gasteiger partial charge in [-0.1, -0.05) is 13.0 Å². The fourth-order valence-electron chi connectivity index (χ4n) is 3.23. The summed E-state index contributed by atoms with van der Waals surface area (Å²) in [7, 11) is 0. The van der Waals surface area contributed by atoms with Gasteiger partial charge in [0, 0.05) is 48.6 Å². The molecule has 2 aromatic heterocycles. The van der Waals surface area contributed by atoms with Gasteiger partial charge in [0.25, 0.3) is 0 Å². The minimum absolute atomic E-state index is 0.488. The molecular weight excluding hydrogens is 350 g/mol. The Balaban J connectivity index is 1.49. The highest BCUT2D eigenvalue weighted by Gasteiger charge is 2.13. The second kappa shape index (κ2) is 8.80. The number of hydrogen-bond donors (Lipinski definition) is 2. The Labute approximate surface area is 165 Å². The van der Waals surface area contributed by atoms with E-state index in [0.717, 1.165) is 61.1 Å². The first-order valence-corrected chi connectivity index (χ1v) is 9.81. The predicted molar refractivity (Wildman–Crippen MR) is 112 cm³/mol. The first-order valence-electron chi connectivity index (χ1n) is 9.81. The number of aromatic nitrogens is 3. The minimum Gasteiger partial charge on any atom is -0.382 e. The van der Waals surface area contributed by atoms with Crippen LogP contribution in [0.25, 0.3) is 11.5 Å². The average Bonchev–Trinajstić information content (AvgIpc) is 2.76. The minimum atomic E-state index is 0.488. The van der Waals surface area contributed by atoms with Crippen LogP contribution in [0.2, 0.25) is 0 Å². The van der Waals surface area contributed by atoms with E-state index in [-0.39, 0.29) is 0 Å². The smallest absolute Gasteiger partial charge is 0.180 e. The standard InChI is InChI=1S/C22H25N5O/c1-2-16-15-21(27-22(26-16)20-5-3-4-12-23-20)25-18-8-6-17(7-9-18)24-19-10-13-28-14-11-19/h3-9,12,15,19,24H,2,10-11,13-14H2,1H3,(H,25,26,27). The van der Waals surface area contributed by atoms with E-state index in [1.807, 2.05) is 24.3 Å². The van der Waals surface area contributed by atoms with Crippen LogP contribution in [0.5, 0.6) is 0 Å². The van der Waals surface area contributed by atoms with Gasteiger partial charge in [0.15, 0.2) is 5.82 Å². The largest absolute Gasteiger partial charge is 0.382 e. The van der Waals surface area contributed by atoms with Crippen molar-refractivity contribution in [3.05, 3.63) is 60.4 Å². The average molecular weight is 375 g/mol. The van der Waals surface area contributed by atoms with E-state index < -0.39 is 0 Å². The third-order valence-corrected chi connectivity index (χ3v) is 4.78. The zero-order chi connectivity index (χ0) is 19.2. The molecule has 28 heavy (non-hydrogen) atoms. The van der Waals surface area contributed by atoms with Gasteiger partial charge in [-0.15, -0.1) is 0 Å². The second-order valence-corrected chi connectivity index (χ2v) is 6.87. The molecule has 1 aliphatic rings. The van der Waals surface area contributed by atoms with Gasteiger partial charge in [-0.2, -0.15) is 0 Å². The topological polar surface area (TPSA) is 72.0 Å². The van der Waals surface area contributed by atoms with E-state index in [0.29, 0.717) is 11.9 Å². The van der Waals surface area contributed by atoms with Crippen molar-refractivity contribution >= 4 is 17.2 Å². The summed E-state index contributed by atoms with van der Waals surface area (Å²) in [5, 5.41) is 6.97. The monoisotopic (exact) mass is 375 g/mol. The molecule has 144 valence electrons. The summed E-state index contributed by atoms with van der Waals surface area (Å²) in [6.07, 6.45) is 4.70. The maximum Gasteiger partial charge on any atom is 0.180 e. The number of rotatable bonds is 6. The van der Waals surface area contributed by atoms with Gasteiger partial charge < -0.3 is 15.4 Å². The predicted octanol–water partition coefficient (Wildman–Crippen LogP) is 4.44. The van der Waals surface area contributed by atoms with Crippen LogP contribution in [0.1, 0.15) is 25.5 Å². The van der Waals surface area contributed by atoms with E-state index in [2.05, 4.69) is 56.8 Å². The van der Waals surface area contributed by atoms with Crippen molar-refractivity contribution in [2.75, 3.05) is 23.8 Å². The molecule has 0 unspecified atom stereocenters. The van der Waals surface area contributed by atoms with Crippen LogP contribution in [0.15, 0.2) is 54.7 Å². The summed E-state index contributed by atoms with van der Waals surface area (Å²) in [5.74, 6) is 1.41. The molecule has 6 heteroatoms. The van der Waals surface area contributed by atoms with E-state index in [1.165, 1.54) is 0 Å². The molecule has 0 atom stereocenters. The van der Waals surface area contributed by atoms with Crippen LogP contribution in [0.4, 0.5) is 17.2 Å². The van der Waals surface area contributed by atoms with Gasteiger partial charge in [0.2, 0.25) is 0 Å². The van der Waals surface area contributed by atoms with E-state index in [1.54, 1.807) is 6.20 Å². The summed E-state index contributed by atoms with van der Waals surface area (Å²) in [6.45, 7) is 3.76. The molecule has 0 radical (unpaired) electrons. The highest BCUT2D eigenvalue weighted by Crippen LogP contribution is 2.22. The Kier molecular flexibility index (Phi) is 5.77. The SMILES string of the molecule is CCc1cc(Nc2ccc(NC3CCOCC3)cc2)nc(-c2ccccn2)n1. The van der Waals surface area contributed by atoms with Crippen molar-refractivity contribution in [3.8, 4) is 11.5 Å². The summed E-state index contributed by atoms with van der Waals surface area (Å²) in [4.78, 5) is 13.6. The fourth-order valence-corrected chi connectivity index (χ4v) is 3.23. The number of nitrogens with zero attached hydrogens (tertiary/aromatic N) is 3. The lowest BCUT2D eigenvalue weighted by Gasteiger charge is -2.24. The highest BCUT2D eigenvalue weighted by atomic mass is 16.5. The maximum atomic E-state index is 5.42. The lowest BCUT2D eigenvalue weighted by molar-refractivity contribution is 0.0904. The van der Waals surface area contributed by atoms with E-state index in [4.69, 9.17) is 4.74 Å². The molecule has 0 spiro atoms. The Hall–Kier alpha value is -2.99. The van der Waals surface area contributed by atoms with Crippen molar-refractivity contribution in [1.82, 2.24) is 15.0 Å². The first-order chi connectivity index (χ1) is 13.8. The normalized spacial score (nSPS) is 14.6. The van der Waals surface area contributed by atoms with Crippen LogP contribution in [0.3, 0.4) is 0 Å². The van der Waals surface area contributed by atoms with Crippen molar-refractivity contribution in [2.24, 2.45) is 0 Å². The molecular formula is C22H25N5O. The number of ether oxygens (including phenoxy) is 1. The van der Waals surface area contributed by atoms with Crippen molar-refractivity contribution in [3.63, 3.8) is 0 Å². The zero-order valence-electron chi connectivity index (χ0n) is 16.1. The molecule has 0 aliphatic carbocycles. The van der Waals surface area contributed by atoms with Crippen molar-refractivity contribution < 1.29 is 4.74 Å². The lowest BCUT2D eigenvalue weighted by atomic mass is 10.1. The number of nitrogens with one attached hydrogen (secondary N) is 2. The Morgan fingerprint density at radius 2 is 1.79 bits per heavy atom. The van der Waals surface area contributed by atoms with Crippen molar-refractivity contribution in [1.29, 1.82) is 0 Å². The molecule has 6 nitrogen and oxygen atoms in total. The van der Waals surface area contributed by atoms with Gasteiger partial charge in [0.1, 0.15) is 11.5 Å². The lowest BCUT2D eigenvalue weighted by Crippen LogP contribution is -2.27.